The van der Waals surface area contributed by atoms with Gasteiger partial charge in [-0.25, -0.2) is 0 Å². The highest BCUT2D eigenvalue weighted by molar-refractivity contribution is 5.52. The number of rotatable bonds is 5. The van der Waals surface area contributed by atoms with Gasteiger partial charge in [-0.05, 0) is 23.8 Å². The summed E-state index contributed by atoms with van der Waals surface area (Å²) in [6.07, 6.45) is 0. The molecule has 0 aliphatic carbocycles. The first kappa shape index (κ1) is 12.8. The molecule has 0 spiro atoms. The molecule has 20 heavy (non-hydrogen) atoms. The quantitative estimate of drug-likeness (QED) is 0.906. The minimum absolute atomic E-state index is 0.308. The van der Waals surface area contributed by atoms with Crippen LogP contribution in [-0.4, -0.2) is 13.9 Å². The van der Waals surface area contributed by atoms with Crippen LogP contribution in [0.25, 0.3) is 0 Å². The second-order valence-electron chi connectivity index (χ2n) is 4.63. The first-order valence-electron chi connectivity index (χ1n) is 6.56. The number of hydrogen-bond donors (Lipinski definition) is 1. The molecule has 0 unspecified atom stereocenters. The molecular formula is C16H17NO3. The van der Waals surface area contributed by atoms with E-state index >= 15 is 0 Å². The maximum absolute atomic E-state index is 5.38. The maximum atomic E-state index is 5.38. The van der Waals surface area contributed by atoms with Gasteiger partial charge in [0.1, 0.15) is 0 Å². The second kappa shape index (κ2) is 5.84. The van der Waals surface area contributed by atoms with Gasteiger partial charge < -0.3 is 19.5 Å². The summed E-state index contributed by atoms with van der Waals surface area (Å²) in [5.41, 5.74) is 3.39. The SMILES string of the molecule is COCc1ccccc1NCc1ccc2c(c1)OCO2. The van der Waals surface area contributed by atoms with Gasteiger partial charge in [0.25, 0.3) is 0 Å². The van der Waals surface area contributed by atoms with Crippen molar-refractivity contribution in [1.82, 2.24) is 0 Å². The zero-order chi connectivity index (χ0) is 13.8. The first-order valence-corrected chi connectivity index (χ1v) is 6.56. The van der Waals surface area contributed by atoms with E-state index in [1.807, 2.05) is 30.3 Å². The third-order valence-electron chi connectivity index (χ3n) is 3.24. The molecule has 2 aromatic carbocycles. The largest absolute Gasteiger partial charge is 0.454 e. The number of hydrogen-bond acceptors (Lipinski definition) is 4. The van der Waals surface area contributed by atoms with Gasteiger partial charge in [-0.3, -0.25) is 0 Å². The summed E-state index contributed by atoms with van der Waals surface area (Å²) in [6.45, 7) is 1.64. The van der Waals surface area contributed by atoms with Crippen LogP contribution < -0.4 is 14.8 Å². The van der Waals surface area contributed by atoms with Gasteiger partial charge in [-0.1, -0.05) is 24.3 Å². The highest BCUT2D eigenvalue weighted by Crippen LogP contribution is 2.32. The monoisotopic (exact) mass is 271 g/mol. The smallest absolute Gasteiger partial charge is 0.231 e. The highest BCUT2D eigenvalue weighted by atomic mass is 16.7. The molecule has 4 heteroatoms. The van der Waals surface area contributed by atoms with Gasteiger partial charge >= 0.3 is 0 Å². The van der Waals surface area contributed by atoms with Crippen molar-refractivity contribution in [3.63, 3.8) is 0 Å². The van der Waals surface area contributed by atoms with Gasteiger partial charge in [-0.2, -0.15) is 0 Å². The van der Waals surface area contributed by atoms with E-state index in [-0.39, 0.29) is 0 Å². The lowest BCUT2D eigenvalue weighted by molar-refractivity contribution is 0.174. The molecule has 0 fully saturated rings. The Kier molecular flexibility index (Phi) is 3.74. The van der Waals surface area contributed by atoms with Crippen LogP contribution in [0.15, 0.2) is 42.5 Å². The van der Waals surface area contributed by atoms with Crippen molar-refractivity contribution in [2.45, 2.75) is 13.2 Å². The Hall–Kier alpha value is -2.20. The summed E-state index contributed by atoms with van der Waals surface area (Å²) in [4.78, 5) is 0. The second-order valence-corrected chi connectivity index (χ2v) is 4.63. The summed E-state index contributed by atoms with van der Waals surface area (Å²) in [5.74, 6) is 1.63. The minimum atomic E-state index is 0.308. The molecule has 0 bridgehead atoms. The number of benzene rings is 2. The lowest BCUT2D eigenvalue weighted by atomic mass is 10.1. The van der Waals surface area contributed by atoms with E-state index in [0.717, 1.165) is 34.9 Å². The molecule has 4 nitrogen and oxygen atoms in total. The fourth-order valence-corrected chi connectivity index (χ4v) is 2.22. The molecule has 0 saturated heterocycles. The van der Waals surface area contributed by atoms with Crippen LogP contribution in [0.5, 0.6) is 11.5 Å². The average Bonchev–Trinajstić information content (AvgIpc) is 2.94. The Morgan fingerprint density at radius 1 is 1.10 bits per heavy atom. The molecule has 104 valence electrons. The minimum Gasteiger partial charge on any atom is -0.454 e. The number of anilines is 1. The Bertz CT molecular complexity index is 598. The van der Waals surface area contributed by atoms with Gasteiger partial charge in [0, 0.05) is 24.9 Å². The summed E-state index contributed by atoms with van der Waals surface area (Å²) in [7, 11) is 1.70. The number of para-hydroxylation sites is 1. The van der Waals surface area contributed by atoms with Gasteiger partial charge in [-0.15, -0.1) is 0 Å². The molecule has 0 aromatic heterocycles. The van der Waals surface area contributed by atoms with E-state index in [2.05, 4.69) is 17.4 Å². The van der Waals surface area contributed by atoms with Crippen LogP contribution in [0.4, 0.5) is 5.69 Å². The van der Waals surface area contributed by atoms with Crippen molar-refractivity contribution in [1.29, 1.82) is 0 Å². The Morgan fingerprint density at radius 2 is 1.95 bits per heavy atom. The van der Waals surface area contributed by atoms with E-state index in [0.29, 0.717) is 13.4 Å². The average molecular weight is 271 g/mol. The zero-order valence-corrected chi connectivity index (χ0v) is 11.4. The van der Waals surface area contributed by atoms with Gasteiger partial charge in [0.05, 0.1) is 6.61 Å². The maximum Gasteiger partial charge on any atom is 0.231 e. The fourth-order valence-electron chi connectivity index (χ4n) is 2.22. The zero-order valence-electron chi connectivity index (χ0n) is 11.4. The van der Waals surface area contributed by atoms with Crippen LogP contribution >= 0.6 is 0 Å². The van der Waals surface area contributed by atoms with Crippen molar-refractivity contribution in [3.05, 3.63) is 53.6 Å². The molecule has 1 aliphatic rings. The topological polar surface area (TPSA) is 39.7 Å². The van der Waals surface area contributed by atoms with Crippen molar-refractivity contribution < 1.29 is 14.2 Å². The molecule has 1 heterocycles. The van der Waals surface area contributed by atoms with Gasteiger partial charge in [0.15, 0.2) is 11.5 Å². The number of methoxy groups -OCH3 is 1. The van der Waals surface area contributed by atoms with Crippen LogP contribution in [0.1, 0.15) is 11.1 Å². The molecule has 2 aromatic rings. The van der Waals surface area contributed by atoms with Crippen LogP contribution in [0.2, 0.25) is 0 Å². The van der Waals surface area contributed by atoms with Crippen molar-refractivity contribution in [2.75, 3.05) is 19.2 Å². The van der Waals surface area contributed by atoms with E-state index in [9.17, 15) is 0 Å². The Morgan fingerprint density at radius 3 is 2.85 bits per heavy atom. The predicted octanol–water partition coefficient (Wildman–Crippen LogP) is 3.17. The molecule has 0 saturated carbocycles. The standard InChI is InChI=1S/C16H17NO3/c1-18-10-13-4-2-3-5-14(13)17-9-12-6-7-15-16(8-12)20-11-19-15/h2-8,17H,9-11H2,1H3. The number of nitrogens with one attached hydrogen (secondary N) is 1. The molecular weight excluding hydrogens is 254 g/mol. The normalized spacial score (nSPS) is 12.4. The van der Waals surface area contributed by atoms with Gasteiger partial charge in [0.2, 0.25) is 6.79 Å². The molecule has 1 aliphatic heterocycles. The van der Waals surface area contributed by atoms with E-state index < -0.39 is 0 Å². The Balaban J connectivity index is 1.70. The van der Waals surface area contributed by atoms with Crippen molar-refractivity contribution in [3.8, 4) is 11.5 Å². The Labute approximate surface area is 118 Å². The summed E-state index contributed by atoms with van der Waals surface area (Å²) in [6, 6.07) is 14.1. The van der Waals surface area contributed by atoms with E-state index in [1.54, 1.807) is 7.11 Å². The lowest BCUT2D eigenvalue weighted by Gasteiger charge is -2.11. The van der Waals surface area contributed by atoms with Crippen LogP contribution in [-0.2, 0) is 17.9 Å². The van der Waals surface area contributed by atoms with Crippen molar-refractivity contribution >= 4 is 5.69 Å². The van der Waals surface area contributed by atoms with E-state index in [4.69, 9.17) is 14.2 Å². The van der Waals surface area contributed by atoms with Crippen LogP contribution in [0, 0.1) is 0 Å². The first-order chi connectivity index (χ1) is 9.86. The van der Waals surface area contributed by atoms with Crippen molar-refractivity contribution in [2.24, 2.45) is 0 Å². The number of fused-ring (bicyclic) bond motifs is 1. The third kappa shape index (κ3) is 2.70. The molecule has 0 atom stereocenters. The summed E-state index contributed by atoms with van der Waals surface area (Å²) < 4.78 is 15.9. The summed E-state index contributed by atoms with van der Waals surface area (Å²) in [5, 5.41) is 3.43. The van der Waals surface area contributed by atoms with Crippen LogP contribution in [0.3, 0.4) is 0 Å². The highest BCUT2D eigenvalue weighted by Gasteiger charge is 2.13. The molecule has 3 rings (SSSR count). The molecule has 0 amide bonds. The third-order valence-corrected chi connectivity index (χ3v) is 3.24. The van der Waals surface area contributed by atoms with E-state index in [1.165, 1.54) is 0 Å². The number of ether oxygens (including phenoxy) is 3. The molecule has 0 radical (unpaired) electrons. The fraction of sp³-hybridized carbons (Fsp3) is 0.250. The lowest BCUT2D eigenvalue weighted by Crippen LogP contribution is -2.03. The predicted molar refractivity (Wildman–Crippen MR) is 77.0 cm³/mol. The molecule has 1 N–H and O–H groups in total. The summed E-state index contributed by atoms with van der Waals surface area (Å²) >= 11 is 0.